The Bertz CT molecular complexity index is 1320. The maximum absolute atomic E-state index is 12.9. The average Bonchev–Trinajstić information content (AvgIpc) is 3.29. The van der Waals surface area contributed by atoms with Gasteiger partial charge in [-0.25, -0.2) is 4.99 Å². The predicted molar refractivity (Wildman–Crippen MR) is 120 cm³/mol. The number of ketones is 1. The Morgan fingerprint density at radius 3 is 2.77 bits per heavy atom. The molecule has 0 radical (unpaired) electrons. The number of aliphatic imine (C=N–C) groups is 1. The van der Waals surface area contributed by atoms with Gasteiger partial charge in [-0.2, -0.15) is 5.10 Å². The van der Waals surface area contributed by atoms with Crippen LogP contribution in [0.3, 0.4) is 0 Å². The van der Waals surface area contributed by atoms with Gasteiger partial charge in [-0.1, -0.05) is 24.3 Å². The van der Waals surface area contributed by atoms with Crippen molar-refractivity contribution in [1.29, 1.82) is 0 Å². The summed E-state index contributed by atoms with van der Waals surface area (Å²) in [4.78, 5) is 30.2. The molecule has 2 aliphatic rings. The summed E-state index contributed by atoms with van der Waals surface area (Å²) in [6, 6.07) is 12.4. The van der Waals surface area contributed by atoms with Crippen LogP contribution in [0.25, 0.3) is 0 Å². The number of carbonyl (C=O) groups is 2. The number of Topliss-reactive ketones (excluding diaryl/α,β-unsaturated/α-hetero) is 1. The quantitative estimate of drug-likeness (QED) is 0.516. The highest BCUT2D eigenvalue weighted by Gasteiger charge is 2.41. The Balaban J connectivity index is 1.36. The number of halogens is 3. The summed E-state index contributed by atoms with van der Waals surface area (Å²) in [6.07, 6.45) is -3.14. The molecule has 3 heterocycles. The van der Waals surface area contributed by atoms with Crippen molar-refractivity contribution in [2.45, 2.75) is 18.8 Å². The van der Waals surface area contributed by atoms with Gasteiger partial charge in [-0.05, 0) is 35.4 Å². The van der Waals surface area contributed by atoms with Gasteiger partial charge in [-0.3, -0.25) is 14.7 Å². The Labute approximate surface area is 197 Å². The first-order valence-corrected chi connectivity index (χ1v) is 10.9. The molecule has 0 aliphatic carbocycles. The lowest BCUT2D eigenvalue weighted by atomic mass is 9.73. The number of hydrogen-bond acceptors (Lipinski definition) is 6. The number of carbonyl (C=O) groups excluding carboxylic acids is 2. The summed E-state index contributed by atoms with van der Waals surface area (Å²) in [7, 11) is 0. The van der Waals surface area contributed by atoms with Crippen molar-refractivity contribution >= 4 is 23.2 Å². The second kappa shape index (κ2) is 8.99. The molecule has 1 aromatic heterocycles. The Morgan fingerprint density at radius 2 is 1.94 bits per heavy atom. The lowest BCUT2D eigenvalue weighted by Gasteiger charge is -2.34. The molecule has 11 heteroatoms. The van der Waals surface area contributed by atoms with Gasteiger partial charge in [0.15, 0.2) is 11.6 Å². The lowest BCUT2D eigenvalue weighted by Crippen LogP contribution is -2.48. The van der Waals surface area contributed by atoms with Crippen LogP contribution >= 0.6 is 0 Å². The van der Waals surface area contributed by atoms with Gasteiger partial charge in [-0.15, -0.1) is 13.2 Å². The number of aromatic nitrogens is 2. The van der Waals surface area contributed by atoms with Crippen LogP contribution in [0.15, 0.2) is 59.7 Å². The molecule has 180 valence electrons. The minimum Gasteiger partial charge on any atom is -0.406 e. The van der Waals surface area contributed by atoms with Crippen LogP contribution in [-0.4, -0.2) is 47.1 Å². The van der Waals surface area contributed by atoms with Crippen LogP contribution in [-0.2, 0) is 11.3 Å². The van der Waals surface area contributed by atoms with Gasteiger partial charge in [0.25, 0.3) is 5.91 Å². The number of ether oxygens (including phenoxy) is 1. The standard InChI is InChI=1S/C24H20F3N5O3/c25-24(26,27)35-16-6-1-3-13(7-16)9-29-23(34)15-5-2-4-14(8-15)20-17-10-30-32-22(17)31-18-11-28-12-19(33)21(18)20/h1-8,10,20-21,28H,9,11-12H2,(H,29,34)(H,30,32). The number of alkyl halides is 3. The number of aromatic amines is 1. The summed E-state index contributed by atoms with van der Waals surface area (Å²) in [5.74, 6) is -0.937. The maximum Gasteiger partial charge on any atom is 0.573 e. The first-order valence-electron chi connectivity index (χ1n) is 10.9. The highest BCUT2D eigenvalue weighted by Crippen LogP contribution is 2.42. The van der Waals surface area contributed by atoms with E-state index in [-0.39, 0.29) is 30.5 Å². The van der Waals surface area contributed by atoms with E-state index in [2.05, 4.69) is 30.6 Å². The molecule has 2 unspecified atom stereocenters. The Morgan fingerprint density at radius 1 is 1.11 bits per heavy atom. The molecule has 8 nitrogen and oxygen atoms in total. The van der Waals surface area contributed by atoms with Crippen molar-refractivity contribution in [3.05, 3.63) is 77.0 Å². The number of nitrogens with zero attached hydrogens (tertiary/aromatic N) is 2. The van der Waals surface area contributed by atoms with Gasteiger partial charge < -0.3 is 15.4 Å². The zero-order chi connectivity index (χ0) is 24.6. The largest absolute Gasteiger partial charge is 0.573 e. The second-order valence-electron chi connectivity index (χ2n) is 8.31. The van der Waals surface area contributed by atoms with E-state index < -0.39 is 18.2 Å². The SMILES string of the molecule is O=C(NCc1cccc(OC(F)(F)F)c1)c1cccc(C2c3cn[nH]c3N=C3CNCC(=O)C32)c1. The van der Waals surface area contributed by atoms with E-state index in [1.165, 1.54) is 18.2 Å². The minimum atomic E-state index is -4.80. The van der Waals surface area contributed by atoms with E-state index in [9.17, 15) is 22.8 Å². The molecule has 2 aromatic carbocycles. The van der Waals surface area contributed by atoms with Gasteiger partial charge in [0.2, 0.25) is 0 Å². The molecule has 3 aromatic rings. The molecule has 2 aliphatic heterocycles. The third kappa shape index (κ3) is 4.80. The molecule has 5 rings (SSSR count). The van der Waals surface area contributed by atoms with Gasteiger partial charge in [0.1, 0.15) is 5.75 Å². The van der Waals surface area contributed by atoms with Crippen LogP contribution in [0.4, 0.5) is 19.0 Å². The average molecular weight is 483 g/mol. The van der Waals surface area contributed by atoms with Crippen LogP contribution in [0.1, 0.15) is 33.0 Å². The monoisotopic (exact) mass is 483 g/mol. The Kier molecular flexibility index (Phi) is 5.85. The van der Waals surface area contributed by atoms with E-state index in [1.54, 1.807) is 30.5 Å². The van der Waals surface area contributed by atoms with Crippen molar-refractivity contribution in [1.82, 2.24) is 20.8 Å². The van der Waals surface area contributed by atoms with Crippen molar-refractivity contribution in [2.24, 2.45) is 10.9 Å². The molecule has 1 saturated heterocycles. The summed E-state index contributed by atoms with van der Waals surface area (Å²) in [5, 5.41) is 12.7. The molecule has 0 bridgehead atoms. The van der Waals surface area contributed by atoms with Crippen LogP contribution < -0.4 is 15.4 Å². The van der Waals surface area contributed by atoms with E-state index >= 15 is 0 Å². The number of benzene rings is 2. The highest BCUT2D eigenvalue weighted by molar-refractivity contribution is 6.12. The number of H-pyrrole nitrogens is 1. The first-order chi connectivity index (χ1) is 16.8. The fraction of sp³-hybridized carbons (Fsp3) is 0.250. The first kappa shape index (κ1) is 22.8. The number of piperidine rings is 1. The second-order valence-corrected chi connectivity index (χ2v) is 8.31. The van der Waals surface area contributed by atoms with E-state index in [0.717, 1.165) is 16.8 Å². The molecular weight excluding hydrogens is 463 g/mol. The predicted octanol–water partition coefficient (Wildman–Crippen LogP) is 3.24. The number of amides is 1. The Hall–Kier alpha value is -3.99. The third-order valence-electron chi connectivity index (χ3n) is 5.98. The zero-order valence-corrected chi connectivity index (χ0v) is 18.2. The minimum absolute atomic E-state index is 0.0109. The maximum atomic E-state index is 12.9. The van der Waals surface area contributed by atoms with Crippen LogP contribution in [0.5, 0.6) is 5.75 Å². The number of fused-ring (bicyclic) bond motifs is 2. The lowest BCUT2D eigenvalue weighted by molar-refractivity contribution is -0.274. The summed E-state index contributed by atoms with van der Waals surface area (Å²) < 4.78 is 41.3. The molecule has 1 amide bonds. The van der Waals surface area contributed by atoms with Crippen molar-refractivity contribution in [3.63, 3.8) is 0 Å². The van der Waals surface area contributed by atoms with Crippen molar-refractivity contribution in [3.8, 4) is 5.75 Å². The van der Waals surface area contributed by atoms with Gasteiger partial charge in [0, 0.05) is 35.8 Å². The summed E-state index contributed by atoms with van der Waals surface area (Å²) in [5.41, 5.74) is 3.09. The van der Waals surface area contributed by atoms with Gasteiger partial charge in [0.05, 0.1) is 18.7 Å². The molecule has 2 atom stereocenters. The summed E-state index contributed by atoms with van der Waals surface area (Å²) in [6.45, 7) is 0.740. The van der Waals surface area contributed by atoms with Crippen molar-refractivity contribution in [2.75, 3.05) is 13.1 Å². The zero-order valence-electron chi connectivity index (χ0n) is 18.2. The topological polar surface area (TPSA) is 108 Å². The molecule has 0 spiro atoms. The molecule has 0 saturated carbocycles. The third-order valence-corrected chi connectivity index (χ3v) is 5.98. The van der Waals surface area contributed by atoms with Crippen molar-refractivity contribution < 1.29 is 27.5 Å². The smallest absolute Gasteiger partial charge is 0.406 e. The summed E-state index contributed by atoms with van der Waals surface area (Å²) >= 11 is 0. The van der Waals surface area contributed by atoms with E-state index in [0.29, 0.717) is 23.5 Å². The molecular formula is C24H20F3N5O3. The fourth-order valence-corrected chi connectivity index (χ4v) is 4.52. The van der Waals surface area contributed by atoms with E-state index in [4.69, 9.17) is 0 Å². The number of rotatable bonds is 5. The van der Waals surface area contributed by atoms with Crippen LogP contribution in [0, 0.1) is 5.92 Å². The highest BCUT2D eigenvalue weighted by atomic mass is 19.4. The number of nitrogens with one attached hydrogen (secondary N) is 3. The van der Waals surface area contributed by atoms with Gasteiger partial charge >= 0.3 is 6.36 Å². The fourth-order valence-electron chi connectivity index (χ4n) is 4.52. The molecule has 35 heavy (non-hydrogen) atoms. The molecule has 3 N–H and O–H groups in total. The van der Waals surface area contributed by atoms with Crippen LogP contribution in [0.2, 0.25) is 0 Å². The normalized spacial score (nSPS) is 19.4. The number of hydrogen-bond donors (Lipinski definition) is 3. The van der Waals surface area contributed by atoms with E-state index in [1.807, 2.05) is 6.07 Å². The molecule has 1 fully saturated rings.